The summed E-state index contributed by atoms with van der Waals surface area (Å²) in [5, 5.41) is 10.9. The number of hydrogen-bond donors (Lipinski definition) is 0. The number of fused-ring (bicyclic) bond motifs is 2. The first-order valence-corrected chi connectivity index (χ1v) is 8.44. The normalized spacial score (nSPS) is 12.0. The van der Waals surface area contributed by atoms with Gasteiger partial charge in [-0.25, -0.2) is 0 Å². The second-order valence-corrected chi connectivity index (χ2v) is 6.46. The summed E-state index contributed by atoms with van der Waals surface area (Å²) in [6.07, 6.45) is 0.939. The van der Waals surface area contributed by atoms with Crippen LogP contribution in [0.3, 0.4) is 0 Å². The lowest BCUT2D eigenvalue weighted by molar-refractivity contribution is 0.202. The van der Waals surface area contributed by atoms with Crippen LogP contribution in [-0.4, -0.2) is 13.7 Å². The zero-order chi connectivity index (χ0) is 16.1. The first-order chi connectivity index (χ1) is 11.9. The van der Waals surface area contributed by atoms with Gasteiger partial charge in [-0.15, -0.1) is 0 Å². The van der Waals surface area contributed by atoms with Gasteiger partial charge in [0.25, 0.3) is 0 Å². The van der Waals surface area contributed by atoms with Crippen molar-refractivity contribution in [2.75, 3.05) is 13.7 Å². The maximum Gasteiger partial charge on any atom is 0.0502 e. The largest absolute Gasteiger partial charge is 0.384 e. The summed E-state index contributed by atoms with van der Waals surface area (Å²) in [5.41, 5.74) is 1.37. The van der Waals surface area contributed by atoms with E-state index in [-0.39, 0.29) is 0 Å². The Bertz CT molecular complexity index is 1180. The lowest BCUT2D eigenvalue weighted by Crippen LogP contribution is -1.97. The third-order valence-corrected chi connectivity index (χ3v) is 5.17. The molecule has 0 bridgehead atoms. The highest BCUT2D eigenvalue weighted by Gasteiger charge is 2.14. The van der Waals surface area contributed by atoms with Crippen molar-refractivity contribution in [3.63, 3.8) is 0 Å². The molecule has 1 heteroatoms. The molecule has 0 unspecified atom stereocenters. The van der Waals surface area contributed by atoms with Crippen LogP contribution in [0.1, 0.15) is 5.56 Å². The highest BCUT2D eigenvalue weighted by Crippen LogP contribution is 2.41. The molecule has 0 N–H and O–H groups in total. The SMILES string of the molecule is COCCc1ccc2cccc3c4cccc5cccc(c1c23)c54. The molecule has 116 valence electrons. The van der Waals surface area contributed by atoms with Crippen LogP contribution in [-0.2, 0) is 11.2 Å². The first kappa shape index (κ1) is 13.8. The molecule has 0 aliphatic heterocycles. The third kappa shape index (κ3) is 1.79. The maximum atomic E-state index is 5.35. The zero-order valence-corrected chi connectivity index (χ0v) is 13.7. The van der Waals surface area contributed by atoms with Crippen molar-refractivity contribution >= 4 is 43.1 Å². The van der Waals surface area contributed by atoms with Gasteiger partial charge in [-0.2, -0.15) is 0 Å². The summed E-state index contributed by atoms with van der Waals surface area (Å²) in [4.78, 5) is 0. The number of methoxy groups -OCH3 is 1. The van der Waals surface area contributed by atoms with Crippen molar-refractivity contribution in [2.24, 2.45) is 0 Å². The molecule has 0 aromatic heterocycles. The Hall–Kier alpha value is -2.64. The van der Waals surface area contributed by atoms with Gasteiger partial charge in [-0.1, -0.05) is 66.7 Å². The summed E-state index contributed by atoms with van der Waals surface area (Å²) in [7, 11) is 1.77. The zero-order valence-electron chi connectivity index (χ0n) is 13.7. The van der Waals surface area contributed by atoms with Crippen molar-refractivity contribution in [3.05, 3.63) is 72.3 Å². The lowest BCUT2D eigenvalue weighted by Gasteiger charge is -2.17. The molecule has 0 amide bonds. The summed E-state index contributed by atoms with van der Waals surface area (Å²) in [5.74, 6) is 0. The standard InChI is InChI=1S/C23H18O/c1-24-14-13-17-12-11-16-7-3-9-19-18-8-2-5-15-6-4-10-20(21(15)18)23(17)22(16)19/h2-12H,13-14H2,1H3. The molecule has 5 aromatic carbocycles. The van der Waals surface area contributed by atoms with Crippen molar-refractivity contribution in [1.82, 2.24) is 0 Å². The maximum absolute atomic E-state index is 5.35. The Morgan fingerprint density at radius 1 is 0.625 bits per heavy atom. The van der Waals surface area contributed by atoms with Crippen LogP contribution >= 0.6 is 0 Å². The molecule has 1 nitrogen and oxygen atoms in total. The second kappa shape index (κ2) is 5.19. The molecular weight excluding hydrogens is 292 g/mol. The van der Waals surface area contributed by atoms with E-state index in [4.69, 9.17) is 4.74 Å². The van der Waals surface area contributed by atoms with Crippen LogP contribution in [0.5, 0.6) is 0 Å². The molecule has 0 saturated carbocycles. The fourth-order valence-corrected chi connectivity index (χ4v) is 4.15. The molecule has 0 atom stereocenters. The van der Waals surface area contributed by atoms with Crippen LogP contribution in [0.15, 0.2) is 66.7 Å². The molecule has 24 heavy (non-hydrogen) atoms. The second-order valence-electron chi connectivity index (χ2n) is 6.46. The minimum absolute atomic E-state index is 0.748. The van der Waals surface area contributed by atoms with Crippen molar-refractivity contribution in [2.45, 2.75) is 6.42 Å². The summed E-state index contributed by atoms with van der Waals surface area (Å²) < 4.78 is 5.35. The minimum atomic E-state index is 0.748. The third-order valence-electron chi connectivity index (χ3n) is 5.17. The van der Waals surface area contributed by atoms with Gasteiger partial charge in [-0.3, -0.25) is 0 Å². The first-order valence-electron chi connectivity index (χ1n) is 8.44. The predicted octanol–water partition coefficient (Wildman–Crippen LogP) is 5.93. The van der Waals surface area contributed by atoms with E-state index in [0.717, 1.165) is 13.0 Å². The summed E-state index contributed by atoms with van der Waals surface area (Å²) >= 11 is 0. The number of benzene rings is 5. The van der Waals surface area contributed by atoms with Crippen LogP contribution in [0.4, 0.5) is 0 Å². The van der Waals surface area contributed by atoms with Crippen LogP contribution < -0.4 is 0 Å². The molecule has 0 saturated heterocycles. The summed E-state index contributed by atoms with van der Waals surface area (Å²) in [6.45, 7) is 0.748. The predicted molar refractivity (Wildman–Crippen MR) is 103 cm³/mol. The van der Waals surface area contributed by atoms with Gasteiger partial charge in [0, 0.05) is 7.11 Å². The Morgan fingerprint density at radius 3 is 1.96 bits per heavy atom. The van der Waals surface area contributed by atoms with Crippen molar-refractivity contribution < 1.29 is 4.74 Å². The molecule has 5 aromatic rings. The van der Waals surface area contributed by atoms with Gasteiger partial charge in [-0.05, 0) is 55.1 Å². The highest BCUT2D eigenvalue weighted by molar-refractivity contribution is 6.33. The van der Waals surface area contributed by atoms with Gasteiger partial charge in [0.05, 0.1) is 6.61 Å². The van der Waals surface area contributed by atoms with Gasteiger partial charge in [0.15, 0.2) is 0 Å². The minimum Gasteiger partial charge on any atom is -0.384 e. The van der Waals surface area contributed by atoms with Gasteiger partial charge < -0.3 is 4.74 Å². The van der Waals surface area contributed by atoms with Gasteiger partial charge in [0.2, 0.25) is 0 Å². The van der Waals surface area contributed by atoms with Crippen LogP contribution in [0.2, 0.25) is 0 Å². The molecule has 0 radical (unpaired) electrons. The van der Waals surface area contributed by atoms with Crippen LogP contribution in [0, 0.1) is 0 Å². The quantitative estimate of drug-likeness (QED) is 0.296. The van der Waals surface area contributed by atoms with Crippen LogP contribution in [0.25, 0.3) is 43.1 Å². The molecular formula is C23H18O. The lowest BCUT2D eigenvalue weighted by atomic mass is 9.87. The van der Waals surface area contributed by atoms with Gasteiger partial charge in [0.1, 0.15) is 0 Å². The Kier molecular flexibility index (Phi) is 2.97. The molecule has 0 fully saturated rings. The topological polar surface area (TPSA) is 9.23 Å². The van der Waals surface area contributed by atoms with E-state index in [9.17, 15) is 0 Å². The Labute approximate surface area is 140 Å². The van der Waals surface area contributed by atoms with Crippen molar-refractivity contribution in [1.29, 1.82) is 0 Å². The Balaban J connectivity index is 2.10. The fraction of sp³-hybridized carbons (Fsp3) is 0.130. The van der Waals surface area contributed by atoms with E-state index in [0.29, 0.717) is 0 Å². The Morgan fingerprint density at radius 2 is 1.25 bits per heavy atom. The summed E-state index contributed by atoms with van der Waals surface area (Å²) in [6, 6.07) is 24.5. The fourth-order valence-electron chi connectivity index (χ4n) is 4.15. The van der Waals surface area contributed by atoms with E-state index in [1.165, 1.54) is 48.7 Å². The van der Waals surface area contributed by atoms with E-state index >= 15 is 0 Å². The van der Waals surface area contributed by atoms with Crippen molar-refractivity contribution in [3.8, 4) is 0 Å². The number of hydrogen-bond acceptors (Lipinski definition) is 1. The van der Waals surface area contributed by atoms with E-state index in [2.05, 4.69) is 66.7 Å². The number of rotatable bonds is 3. The highest BCUT2D eigenvalue weighted by atomic mass is 16.5. The van der Waals surface area contributed by atoms with E-state index in [1.807, 2.05) is 0 Å². The molecule has 0 aliphatic rings. The molecule has 0 aliphatic carbocycles. The molecule has 5 rings (SSSR count). The smallest absolute Gasteiger partial charge is 0.0502 e. The average molecular weight is 310 g/mol. The average Bonchev–Trinajstić information content (AvgIpc) is 2.64. The number of ether oxygens (including phenoxy) is 1. The van der Waals surface area contributed by atoms with E-state index < -0.39 is 0 Å². The van der Waals surface area contributed by atoms with Gasteiger partial charge >= 0.3 is 0 Å². The monoisotopic (exact) mass is 310 g/mol. The molecule has 0 heterocycles. The van der Waals surface area contributed by atoms with E-state index in [1.54, 1.807) is 7.11 Å². The molecule has 0 spiro atoms.